The molecule has 0 saturated heterocycles. The number of Topliss-reactive ketones (excluding diaryl/α,β-unsaturated/α-hetero) is 1. The third-order valence-electron chi connectivity index (χ3n) is 4.16. The van der Waals surface area contributed by atoms with Crippen molar-refractivity contribution in [3.05, 3.63) is 11.1 Å². The molecule has 0 aromatic heterocycles. The van der Waals surface area contributed by atoms with Crippen molar-refractivity contribution >= 4 is 5.78 Å². The SMILES string of the molecule is CCC1(CC)C(C)=C(C)C(=O)C1C. The van der Waals surface area contributed by atoms with E-state index in [4.69, 9.17) is 0 Å². The molecule has 0 spiro atoms. The molecule has 0 fully saturated rings. The Labute approximate surface area is 81.2 Å². The summed E-state index contributed by atoms with van der Waals surface area (Å²) < 4.78 is 0. The molecule has 1 heteroatoms. The van der Waals surface area contributed by atoms with Gasteiger partial charge in [-0.1, -0.05) is 26.3 Å². The summed E-state index contributed by atoms with van der Waals surface area (Å²) in [5.41, 5.74) is 2.51. The van der Waals surface area contributed by atoms with Crippen molar-refractivity contribution in [2.45, 2.75) is 47.5 Å². The van der Waals surface area contributed by atoms with Crippen LogP contribution in [0.1, 0.15) is 47.5 Å². The topological polar surface area (TPSA) is 17.1 Å². The first kappa shape index (κ1) is 10.5. The minimum Gasteiger partial charge on any atom is -0.294 e. The van der Waals surface area contributed by atoms with Crippen molar-refractivity contribution in [1.29, 1.82) is 0 Å². The molecule has 1 rings (SSSR count). The molecule has 0 bridgehead atoms. The van der Waals surface area contributed by atoms with Gasteiger partial charge in [0.1, 0.15) is 0 Å². The molecule has 0 aliphatic heterocycles. The third-order valence-corrected chi connectivity index (χ3v) is 4.16. The lowest BCUT2D eigenvalue weighted by Gasteiger charge is -2.32. The van der Waals surface area contributed by atoms with E-state index in [1.807, 2.05) is 6.92 Å². The summed E-state index contributed by atoms with van der Waals surface area (Å²) in [7, 11) is 0. The van der Waals surface area contributed by atoms with Crippen molar-refractivity contribution in [1.82, 2.24) is 0 Å². The molecule has 1 nitrogen and oxygen atoms in total. The van der Waals surface area contributed by atoms with Crippen LogP contribution in [0, 0.1) is 11.3 Å². The van der Waals surface area contributed by atoms with Gasteiger partial charge in [-0.05, 0) is 32.3 Å². The molecule has 1 aliphatic carbocycles. The van der Waals surface area contributed by atoms with E-state index in [0.717, 1.165) is 18.4 Å². The molecule has 0 aromatic carbocycles. The fraction of sp³-hybridized carbons (Fsp3) is 0.750. The van der Waals surface area contributed by atoms with E-state index in [2.05, 4.69) is 27.7 Å². The number of allylic oxidation sites excluding steroid dienone is 2. The molecule has 0 heterocycles. The highest BCUT2D eigenvalue weighted by Crippen LogP contribution is 2.49. The maximum absolute atomic E-state index is 11.8. The van der Waals surface area contributed by atoms with E-state index in [9.17, 15) is 4.79 Å². The predicted molar refractivity (Wildman–Crippen MR) is 55.6 cm³/mol. The van der Waals surface area contributed by atoms with Crippen LogP contribution in [-0.2, 0) is 4.79 Å². The van der Waals surface area contributed by atoms with Crippen LogP contribution >= 0.6 is 0 Å². The van der Waals surface area contributed by atoms with Crippen LogP contribution in [0.2, 0.25) is 0 Å². The molecule has 74 valence electrons. The highest BCUT2D eigenvalue weighted by Gasteiger charge is 2.45. The average Bonchev–Trinajstić information content (AvgIpc) is 2.31. The predicted octanol–water partition coefficient (Wildman–Crippen LogP) is 3.35. The van der Waals surface area contributed by atoms with E-state index in [0.29, 0.717) is 5.78 Å². The Kier molecular flexibility index (Phi) is 2.65. The van der Waals surface area contributed by atoms with Crippen molar-refractivity contribution in [2.24, 2.45) is 11.3 Å². The third kappa shape index (κ3) is 1.17. The number of rotatable bonds is 2. The maximum atomic E-state index is 11.8. The van der Waals surface area contributed by atoms with Gasteiger partial charge in [-0.25, -0.2) is 0 Å². The highest BCUT2D eigenvalue weighted by molar-refractivity contribution is 6.01. The van der Waals surface area contributed by atoms with Crippen molar-refractivity contribution < 1.29 is 4.79 Å². The molecule has 1 unspecified atom stereocenters. The van der Waals surface area contributed by atoms with Crippen LogP contribution < -0.4 is 0 Å². The second-order valence-electron chi connectivity index (χ2n) is 4.20. The zero-order valence-corrected chi connectivity index (χ0v) is 9.40. The van der Waals surface area contributed by atoms with Crippen LogP contribution in [0.5, 0.6) is 0 Å². The van der Waals surface area contributed by atoms with Crippen molar-refractivity contribution in [3.63, 3.8) is 0 Å². The van der Waals surface area contributed by atoms with Crippen molar-refractivity contribution in [3.8, 4) is 0 Å². The Morgan fingerprint density at radius 2 is 1.69 bits per heavy atom. The van der Waals surface area contributed by atoms with Gasteiger partial charge in [-0.2, -0.15) is 0 Å². The van der Waals surface area contributed by atoms with E-state index in [1.165, 1.54) is 5.57 Å². The molecule has 0 radical (unpaired) electrons. The molecule has 0 saturated carbocycles. The molecule has 1 atom stereocenters. The Morgan fingerprint density at radius 1 is 1.23 bits per heavy atom. The van der Waals surface area contributed by atoms with Crippen LogP contribution in [0.3, 0.4) is 0 Å². The first-order valence-electron chi connectivity index (χ1n) is 5.23. The van der Waals surface area contributed by atoms with Crippen LogP contribution in [0.4, 0.5) is 0 Å². The average molecular weight is 180 g/mol. The van der Waals surface area contributed by atoms with Gasteiger partial charge >= 0.3 is 0 Å². The van der Waals surface area contributed by atoms with E-state index in [1.54, 1.807) is 0 Å². The number of hydrogen-bond acceptors (Lipinski definition) is 1. The second kappa shape index (κ2) is 3.28. The molecule has 0 amide bonds. The van der Waals surface area contributed by atoms with Gasteiger partial charge in [0, 0.05) is 11.3 Å². The van der Waals surface area contributed by atoms with Crippen LogP contribution in [0.15, 0.2) is 11.1 Å². The van der Waals surface area contributed by atoms with Gasteiger partial charge in [-0.3, -0.25) is 4.79 Å². The zero-order chi connectivity index (χ0) is 10.2. The van der Waals surface area contributed by atoms with E-state index in [-0.39, 0.29) is 11.3 Å². The van der Waals surface area contributed by atoms with Gasteiger partial charge in [0.25, 0.3) is 0 Å². The Hall–Kier alpha value is -0.590. The van der Waals surface area contributed by atoms with Gasteiger partial charge in [0.15, 0.2) is 5.78 Å². The van der Waals surface area contributed by atoms with Crippen LogP contribution in [-0.4, -0.2) is 5.78 Å². The van der Waals surface area contributed by atoms with E-state index < -0.39 is 0 Å². The Bertz CT molecular complexity index is 256. The fourth-order valence-corrected chi connectivity index (χ4v) is 2.85. The number of ketones is 1. The Balaban J connectivity index is 3.19. The smallest absolute Gasteiger partial charge is 0.162 e. The summed E-state index contributed by atoms with van der Waals surface area (Å²) in [6.45, 7) is 10.6. The minimum atomic E-state index is 0.168. The lowest BCUT2D eigenvalue weighted by Crippen LogP contribution is -2.27. The quantitative estimate of drug-likeness (QED) is 0.637. The summed E-state index contributed by atoms with van der Waals surface area (Å²) in [6, 6.07) is 0. The molecule has 0 N–H and O–H groups in total. The maximum Gasteiger partial charge on any atom is 0.162 e. The first-order valence-corrected chi connectivity index (χ1v) is 5.23. The number of carbonyl (C=O) groups excluding carboxylic acids is 1. The zero-order valence-electron chi connectivity index (χ0n) is 9.40. The molecule has 1 aliphatic rings. The largest absolute Gasteiger partial charge is 0.294 e. The molecular weight excluding hydrogens is 160 g/mol. The van der Waals surface area contributed by atoms with Gasteiger partial charge in [-0.15, -0.1) is 0 Å². The summed E-state index contributed by atoms with van der Waals surface area (Å²) in [4.78, 5) is 11.8. The lowest BCUT2D eigenvalue weighted by molar-refractivity contribution is -0.120. The van der Waals surface area contributed by atoms with Gasteiger partial charge < -0.3 is 0 Å². The lowest BCUT2D eigenvalue weighted by atomic mass is 9.71. The van der Waals surface area contributed by atoms with Gasteiger partial charge in [0.2, 0.25) is 0 Å². The summed E-state index contributed by atoms with van der Waals surface area (Å²) in [5, 5.41) is 0. The van der Waals surface area contributed by atoms with Crippen LogP contribution in [0.25, 0.3) is 0 Å². The molecular formula is C12H20O. The number of carbonyl (C=O) groups is 1. The first-order chi connectivity index (χ1) is 6.01. The monoisotopic (exact) mass is 180 g/mol. The summed E-state index contributed by atoms with van der Waals surface area (Å²) >= 11 is 0. The van der Waals surface area contributed by atoms with Crippen molar-refractivity contribution in [2.75, 3.05) is 0 Å². The molecule has 0 aromatic rings. The van der Waals surface area contributed by atoms with Gasteiger partial charge in [0.05, 0.1) is 0 Å². The van der Waals surface area contributed by atoms with E-state index >= 15 is 0 Å². The fourth-order valence-electron chi connectivity index (χ4n) is 2.85. The normalized spacial score (nSPS) is 27.2. The minimum absolute atomic E-state index is 0.168. The molecule has 13 heavy (non-hydrogen) atoms. The second-order valence-corrected chi connectivity index (χ2v) is 4.20. The number of hydrogen-bond donors (Lipinski definition) is 0. The standard InChI is InChI=1S/C12H20O/c1-6-12(7-2)9(4)8(3)11(13)10(12)5/h10H,6-7H2,1-5H3. The summed E-state index contributed by atoms with van der Waals surface area (Å²) in [6.07, 6.45) is 2.17. The Morgan fingerprint density at radius 3 is 1.85 bits per heavy atom. The highest BCUT2D eigenvalue weighted by atomic mass is 16.1. The summed E-state index contributed by atoms with van der Waals surface area (Å²) in [5.74, 6) is 0.559.